The molecule has 152 valence electrons. The Bertz CT molecular complexity index is 1330. The third-order valence-corrected chi connectivity index (χ3v) is 7.44. The number of hydrogen-bond donors (Lipinski definition) is 0. The van der Waals surface area contributed by atoms with E-state index in [1.807, 2.05) is 61.5 Å². The zero-order chi connectivity index (χ0) is 20.7. The smallest absolute Gasteiger partial charge is 0.245 e. The van der Waals surface area contributed by atoms with Crippen molar-refractivity contribution in [1.29, 1.82) is 0 Å². The number of rotatable bonds is 4. The fourth-order valence-electron chi connectivity index (χ4n) is 4.01. The van der Waals surface area contributed by atoms with Crippen LogP contribution in [0.25, 0.3) is 22.2 Å². The van der Waals surface area contributed by atoms with Crippen LogP contribution in [0.4, 0.5) is 0 Å². The molecule has 0 saturated carbocycles. The fourth-order valence-corrected chi connectivity index (χ4v) is 5.70. The third-order valence-electron chi connectivity index (χ3n) is 5.53. The molecule has 7 heteroatoms. The Balaban J connectivity index is 1.48. The summed E-state index contributed by atoms with van der Waals surface area (Å²) in [5.41, 5.74) is 1.95. The second-order valence-electron chi connectivity index (χ2n) is 7.61. The molecule has 1 aliphatic heterocycles. The molecule has 1 aromatic heterocycles. The first-order chi connectivity index (χ1) is 14.5. The Morgan fingerprint density at radius 2 is 1.83 bits per heavy atom. The number of aromatic nitrogens is 2. The molecule has 0 spiro atoms. The van der Waals surface area contributed by atoms with Gasteiger partial charge in [0.1, 0.15) is 6.04 Å². The average Bonchev–Trinajstić information content (AvgIpc) is 3.43. The van der Waals surface area contributed by atoms with Crippen molar-refractivity contribution in [3.8, 4) is 11.4 Å². The van der Waals surface area contributed by atoms with Crippen molar-refractivity contribution in [2.45, 2.75) is 30.7 Å². The molecule has 1 fully saturated rings. The zero-order valence-electron chi connectivity index (χ0n) is 16.5. The lowest BCUT2D eigenvalue weighted by Gasteiger charge is -2.21. The first-order valence-electron chi connectivity index (χ1n) is 9.94. The molecule has 1 saturated heterocycles. The SMILES string of the molecule is Cc1cccc(-c2noc(C3CCCN3S(=O)(=O)c3ccc4ccccc4c3)n2)c1. The number of fused-ring (bicyclic) bond motifs is 1. The molecular weight excluding hydrogens is 398 g/mol. The second-order valence-corrected chi connectivity index (χ2v) is 9.50. The Morgan fingerprint density at radius 1 is 1.00 bits per heavy atom. The molecule has 0 N–H and O–H groups in total. The molecule has 6 nitrogen and oxygen atoms in total. The van der Waals surface area contributed by atoms with Crippen LogP contribution in [0.2, 0.25) is 0 Å². The van der Waals surface area contributed by atoms with Crippen LogP contribution in [-0.2, 0) is 10.0 Å². The normalized spacial score (nSPS) is 17.6. The van der Waals surface area contributed by atoms with Gasteiger partial charge in [0.15, 0.2) is 0 Å². The summed E-state index contributed by atoms with van der Waals surface area (Å²) in [5.74, 6) is 0.817. The molecule has 4 aromatic rings. The van der Waals surface area contributed by atoms with Crippen molar-refractivity contribution in [3.05, 3.63) is 78.2 Å². The molecule has 0 aliphatic carbocycles. The van der Waals surface area contributed by atoms with Gasteiger partial charge in [-0.2, -0.15) is 9.29 Å². The monoisotopic (exact) mass is 419 g/mol. The largest absolute Gasteiger partial charge is 0.337 e. The van der Waals surface area contributed by atoms with Crippen molar-refractivity contribution in [1.82, 2.24) is 14.4 Å². The van der Waals surface area contributed by atoms with Gasteiger partial charge in [-0.05, 0) is 48.7 Å². The van der Waals surface area contributed by atoms with Crippen LogP contribution in [0.1, 0.15) is 30.3 Å². The van der Waals surface area contributed by atoms with Gasteiger partial charge in [0, 0.05) is 12.1 Å². The Morgan fingerprint density at radius 3 is 2.67 bits per heavy atom. The Labute approximate surface area is 175 Å². The van der Waals surface area contributed by atoms with Gasteiger partial charge in [-0.3, -0.25) is 0 Å². The van der Waals surface area contributed by atoms with Crippen molar-refractivity contribution >= 4 is 20.8 Å². The van der Waals surface area contributed by atoms with E-state index >= 15 is 0 Å². The molecule has 3 aromatic carbocycles. The molecule has 0 amide bonds. The first-order valence-corrected chi connectivity index (χ1v) is 11.4. The van der Waals surface area contributed by atoms with Crippen LogP contribution >= 0.6 is 0 Å². The maximum Gasteiger partial charge on any atom is 0.245 e. The standard InChI is InChI=1S/C23H21N3O3S/c1-16-6-4-9-19(14-16)22-24-23(29-25-22)21-10-5-13-26(21)30(27,28)20-12-11-17-7-2-3-8-18(17)15-20/h2-4,6-9,11-12,14-15,21H,5,10,13H2,1H3. The Kier molecular flexibility index (Phi) is 4.64. The van der Waals surface area contributed by atoms with Crippen molar-refractivity contribution in [2.75, 3.05) is 6.54 Å². The first kappa shape index (κ1) is 19.0. The van der Waals surface area contributed by atoms with E-state index in [-0.39, 0.29) is 4.90 Å². The number of aryl methyl sites for hydroxylation is 1. The maximum absolute atomic E-state index is 13.4. The highest BCUT2D eigenvalue weighted by molar-refractivity contribution is 7.89. The van der Waals surface area contributed by atoms with Gasteiger partial charge in [0.25, 0.3) is 0 Å². The van der Waals surface area contributed by atoms with Crippen LogP contribution in [0, 0.1) is 6.92 Å². The molecule has 1 atom stereocenters. The minimum Gasteiger partial charge on any atom is -0.337 e. The van der Waals surface area contributed by atoms with Crippen molar-refractivity contribution < 1.29 is 12.9 Å². The lowest BCUT2D eigenvalue weighted by atomic mass is 10.1. The minimum absolute atomic E-state index is 0.284. The van der Waals surface area contributed by atoms with Crippen molar-refractivity contribution in [3.63, 3.8) is 0 Å². The highest BCUT2D eigenvalue weighted by Crippen LogP contribution is 2.37. The minimum atomic E-state index is -3.68. The van der Waals surface area contributed by atoms with Gasteiger partial charge >= 0.3 is 0 Å². The highest BCUT2D eigenvalue weighted by Gasteiger charge is 2.39. The average molecular weight is 420 g/mol. The molecular formula is C23H21N3O3S. The lowest BCUT2D eigenvalue weighted by molar-refractivity contribution is 0.290. The van der Waals surface area contributed by atoms with Crippen LogP contribution in [0.15, 0.2) is 76.1 Å². The lowest BCUT2D eigenvalue weighted by Crippen LogP contribution is -2.30. The summed E-state index contributed by atoms with van der Waals surface area (Å²) < 4.78 is 33.8. The van der Waals surface area contributed by atoms with Crippen LogP contribution in [0.5, 0.6) is 0 Å². The van der Waals surface area contributed by atoms with Crippen LogP contribution < -0.4 is 0 Å². The van der Waals surface area contributed by atoms with E-state index in [1.54, 1.807) is 12.1 Å². The summed E-state index contributed by atoms with van der Waals surface area (Å²) >= 11 is 0. The molecule has 30 heavy (non-hydrogen) atoms. The summed E-state index contributed by atoms with van der Waals surface area (Å²) in [6.07, 6.45) is 1.40. The van der Waals surface area contributed by atoms with Gasteiger partial charge in [0.05, 0.1) is 4.90 Å². The van der Waals surface area contributed by atoms with Crippen molar-refractivity contribution in [2.24, 2.45) is 0 Å². The Hall–Kier alpha value is -3.03. The second kappa shape index (κ2) is 7.34. The fraction of sp³-hybridized carbons (Fsp3) is 0.217. The summed E-state index contributed by atoms with van der Waals surface area (Å²) in [7, 11) is -3.68. The van der Waals surface area contributed by atoms with E-state index in [9.17, 15) is 8.42 Å². The maximum atomic E-state index is 13.4. The quantitative estimate of drug-likeness (QED) is 0.478. The van der Waals surface area contributed by atoms with Gasteiger partial charge in [0.2, 0.25) is 21.7 Å². The molecule has 1 unspecified atom stereocenters. The van der Waals surface area contributed by atoms with E-state index in [4.69, 9.17) is 4.52 Å². The molecule has 2 heterocycles. The summed E-state index contributed by atoms with van der Waals surface area (Å²) in [4.78, 5) is 4.81. The van der Waals surface area contributed by atoms with Gasteiger partial charge in [-0.15, -0.1) is 0 Å². The number of nitrogens with zero attached hydrogens (tertiary/aromatic N) is 3. The molecule has 5 rings (SSSR count). The van der Waals surface area contributed by atoms with E-state index in [1.165, 1.54) is 4.31 Å². The predicted molar refractivity (Wildman–Crippen MR) is 114 cm³/mol. The van der Waals surface area contributed by atoms with Gasteiger partial charge < -0.3 is 4.52 Å². The zero-order valence-corrected chi connectivity index (χ0v) is 17.3. The van der Waals surface area contributed by atoms with Crippen LogP contribution in [0.3, 0.4) is 0 Å². The number of benzene rings is 3. The van der Waals surface area contributed by atoms with E-state index in [0.29, 0.717) is 24.7 Å². The summed E-state index contributed by atoms with van der Waals surface area (Å²) in [6.45, 7) is 2.43. The number of hydrogen-bond acceptors (Lipinski definition) is 5. The highest BCUT2D eigenvalue weighted by atomic mass is 32.2. The predicted octanol–water partition coefficient (Wildman–Crippen LogP) is 4.72. The summed E-state index contributed by atoms with van der Waals surface area (Å²) in [5, 5.41) is 6.00. The van der Waals surface area contributed by atoms with E-state index in [0.717, 1.165) is 28.3 Å². The molecule has 0 bridgehead atoms. The van der Waals surface area contributed by atoms with Crippen LogP contribution in [-0.4, -0.2) is 29.4 Å². The topological polar surface area (TPSA) is 76.3 Å². The third kappa shape index (κ3) is 3.30. The van der Waals surface area contributed by atoms with Gasteiger partial charge in [-0.1, -0.05) is 59.3 Å². The van der Waals surface area contributed by atoms with E-state index < -0.39 is 16.1 Å². The molecule has 0 radical (unpaired) electrons. The van der Waals surface area contributed by atoms with E-state index in [2.05, 4.69) is 10.1 Å². The molecule has 1 aliphatic rings. The summed E-state index contributed by atoms with van der Waals surface area (Å²) in [6, 6.07) is 20.3. The number of sulfonamides is 1. The van der Waals surface area contributed by atoms with Gasteiger partial charge in [-0.25, -0.2) is 8.42 Å².